The highest BCUT2D eigenvalue weighted by Crippen LogP contribution is 2.28. The number of anilines is 1. The van der Waals surface area contributed by atoms with Crippen molar-refractivity contribution in [3.8, 4) is 0 Å². The maximum Gasteiger partial charge on any atom is 0.237 e. The SMILES string of the molecule is CCc1noc(CSc2ccc(N)c(Cl)c2)n1. The number of benzene rings is 1. The summed E-state index contributed by atoms with van der Waals surface area (Å²) < 4.78 is 5.09. The Morgan fingerprint density at radius 2 is 2.29 bits per heavy atom. The first-order chi connectivity index (χ1) is 8.19. The number of hydrogen-bond acceptors (Lipinski definition) is 5. The van der Waals surface area contributed by atoms with Gasteiger partial charge in [0.2, 0.25) is 5.89 Å². The van der Waals surface area contributed by atoms with Gasteiger partial charge in [-0.1, -0.05) is 23.7 Å². The van der Waals surface area contributed by atoms with Crippen LogP contribution in [0.5, 0.6) is 0 Å². The number of halogens is 1. The fourth-order valence-electron chi connectivity index (χ4n) is 1.24. The number of nitrogens with zero attached hydrogens (tertiary/aromatic N) is 2. The molecule has 4 nitrogen and oxygen atoms in total. The van der Waals surface area contributed by atoms with Crippen LogP contribution in [0.2, 0.25) is 5.02 Å². The highest BCUT2D eigenvalue weighted by molar-refractivity contribution is 7.98. The second-order valence-electron chi connectivity index (χ2n) is 3.43. The fraction of sp³-hybridized carbons (Fsp3) is 0.273. The Morgan fingerprint density at radius 1 is 1.47 bits per heavy atom. The maximum absolute atomic E-state index is 5.93. The van der Waals surface area contributed by atoms with Gasteiger partial charge in [-0.2, -0.15) is 4.98 Å². The number of aromatic nitrogens is 2. The second kappa shape index (κ2) is 5.42. The summed E-state index contributed by atoms with van der Waals surface area (Å²) >= 11 is 7.52. The first-order valence-electron chi connectivity index (χ1n) is 5.18. The second-order valence-corrected chi connectivity index (χ2v) is 4.89. The average Bonchev–Trinajstić information content (AvgIpc) is 2.79. The van der Waals surface area contributed by atoms with Crippen LogP contribution < -0.4 is 5.73 Å². The molecule has 1 aromatic heterocycles. The minimum Gasteiger partial charge on any atom is -0.398 e. The van der Waals surface area contributed by atoms with Gasteiger partial charge in [0.15, 0.2) is 5.82 Å². The van der Waals surface area contributed by atoms with Gasteiger partial charge < -0.3 is 10.3 Å². The molecule has 0 aliphatic carbocycles. The van der Waals surface area contributed by atoms with E-state index in [2.05, 4.69) is 10.1 Å². The molecule has 0 amide bonds. The summed E-state index contributed by atoms with van der Waals surface area (Å²) in [6, 6.07) is 5.54. The molecule has 0 unspecified atom stereocenters. The average molecular weight is 270 g/mol. The van der Waals surface area contributed by atoms with Gasteiger partial charge in [0.25, 0.3) is 0 Å². The summed E-state index contributed by atoms with van der Waals surface area (Å²) in [5.41, 5.74) is 6.22. The van der Waals surface area contributed by atoms with Crippen molar-refractivity contribution in [2.45, 2.75) is 24.0 Å². The lowest BCUT2D eigenvalue weighted by Crippen LogP contribution is -1.87. The third kappa shape index (κ3) is 3.14. The van der Waals surface area contributed by atoms with Gasteiger partial charge in [0.05, 0.1) is 16.5 Å². The van der Waals surface area contributed by atoms with Gasteiger partial charge in [0.1, 0.15) is 0 Å². The molecule has 0 bridgehead atoms. The zero-order valence-electron chi connectivity index (χ0n) is 9.31. The summed E-state index contributed by atoms with van der Waals surface area (Å²) in [4.78, 5) is 5.26. The smallest absolute Gasteiger partial charge is 0.237 e. The summed E-state index contributed by atoms with van der Waals surface area (Å²) in [7, 11) is 0. The maximum atomic E-state index is 5.93. The molecule has 2 rings (SSSR count). The van der Waals surface area contributed by atoms with Crippen molar-refractivity contribution < 1.29 is 4.52 Å². The molecule has 1 heterocycles. The van der Waals surface area contributed by atoms with Crippen LogP contribution in [0.15, 0.2) is 27.6 Å². The van der Waals surface area contributed by atoms with E-state index in [4.69, 9.17) is 21.9 Å². The van der Waals surface area contributed by atoms with E-state index in [1.807, 2.05) is 19.1 Å². The molecule has 0 spiro atoms. The van der Waals surface area contributed by atoms with Crippen LogP contribution in [-0.4, -0.2) is 10.1 Å². The van der Waals surface area contributed by atoms with Crippen LogP contribution in [0.4, 0.5) is 5.69 Å². The molecule has 0 saturated heterocycles. The van der Waals surface area contributed by atoms with Crippen molar-refractivity contribution in [2.75, 3.05) is 5.73 Å². The molecule has 1 aromatic carbocycles. The minimum absolute atomic E-state index is 0.565. The van der Waals surface area contributed by atoms with E-state index in [9.17, 15) is 0 Å². The number of nitrogens with two attached hydrogens (primary N) is 1. The normalized spacial score (nSPS) is 10.7. The van der Waals surface area contributed by atoms with Crippen molar-refractivity contribution in [1.82, 2.24) is 10.1 Å². The number of rotatable bonds is 4. The highest BCUT2D eigenvalue weighted by Gasteiger charge is 2.06. The van der Waals surface area contributed by atoms with Gasteiger partial charge in [-0.05, 0) is 18.2 Å². The minimum atomic E-state index is 0.565. The summed E-state index contributed by atoms with van der Waals surface area (Å²) in [6.45, 7) is 1.99. The molecule has 17 heavy (non-hydrogen) atoms. The molecule has 2 aromatic rings. The molecule has 0 aliphatic rings. The zero-order chi connectivity index (χ0) is 12.3. The van der Waals surface area contributed by atoms with Crippen LogP contribution >= 0.6 is 23.4 Å². The zero-order valence-corrected chi connectivity index (χ0v) is 10.9. The fourth-order valence-corrected chi connectivity index (χ4v) is 2.25. The Hall–Kier alpha value is -1.20. The van der Waals surface area contributed by atoms with Gasteiger partial charge in [0, 0.05) is 11.3 Å². The Bertz CT molecular complexity index is 515. The van der Waals surface area contributed by atoms with Gasteiger partial charge in [-0.15, -0.1) is 11.8 Å². The Balaban J connectivity index is 1.99. The summed E-state index contributed by atoms with van der Waals surface area (Å²) in [6.07, 6.45) is 0.780. The number of thioether (sulfide) groups is 1. The molecule has 0 atom stereocenters. The lowest BCUT2D eigenvalue weighted by Gasteiger charge is -2.01. The molecular formula is C11H12ClN3OS. The quantitative estimate of drug-likeness (QED) is 0.682. The third-order valence-electron chi connectivity index (χ3n) is 2.16. The van der Waals surface area contributed by atoms with E-state index < -0.39 is 0 Å². The first kappa shape index (κ1) is 12.3. The van der Waals surface area contributed by atoms with Gasteiger partial charge in [-0.3, -0.25) is 0 Å². The van der Waals surface area contributed by atoms with Gasteiger partial charge >= 0.3 is 0 Å². The third-order valence-corrected chi connectivity index (χ3v) is 3.47. The van der Waals surface area contributed by atoms with E-state index in [0.717, 1.165) is 17.1 Å². The van der Waals surface area contributed by atoms with Crippen molar-refractivity contribution in [3.63, 3.8) is 0 Å². The monoisotopic (exact) mass is 269 g/mol. The van der Waals surface area contributed by atoms with E-state index in [0.29, 0.717) is 22.4 Å². The standard InChI is InChI=1S/C11H12ClN3OS/c1-2-10-14-11(16-15-10)6-17-7-3-4-9(13)8(12)5-7/h3-5H,2,6,13H2,1H3. The highest BCUT2D eigenvalue weighted by atomic mass is 35.5. The topological polar surface area (TPSA) is 64.9 Å². The summed E-state index contributed by atoms with van der Waals surface area (Å²) in [5.74, 6) is 1.99. The van der Waals surface area contributed by atoms with E-state index in [1.165, 1.54) is 0 Å². The van der Waals surface area contributed by atoms with Crippen molar-refractivity contribution in [1.29, 1.82) is 0 Å². The Kier molecular flexibility index (Phi) is 3.91. The van der Waals surface area contributed by atoms with E-state index in [1.54, 1.807) is 17.8 Å². The van der Waals surface area contributed by atoms with E-state index >= 15 is 0 Å². The van der Waals surface area contributed by atoms with Crippen LogP contribution in [0.3, 0.4) is 0 Å². The van der Waals surface area contributed by atoms with E-state index in [-0.39, 0.29) is 0 Å². The molecule has 6 heteroatoms. The molecule has 0 fully saturated rings. The number of nitrogen functional groups attached to an aromatic ring is 1. The molecule has 0 radical (unpaired) electrons. The molecular weight excluding hydrogens is 258 g/mol. The van der Waals surface area contributed by atoms with Crippen molar-refractivity contribution in [2.24, 2.45) is 0 Å². The van der Waals surface area contributed by atoms with Gasteiger partial charge in [-0.25, -0.2) is 0 Å². The Morgan fingerprint density at radius 3 is 2.94 bits per heavy atom. The molecule has 2 N–H and O–H groups in total. The molecule has 90 valence electrons. The predicted molar refractivity (Wildman–Crippen MR) is 69.1 cm³/mol. The predicted octanol–water partition coefficient (Wildman–Crippen LogP) is 3.16. The number of hydrogen-bond donors (Lipinski definition) is 1. The Labute approximate surface area is 109 Å². The van der Waals surface area contributed by atoms with Crippen LogP contribution in [0.25, 0.3) is 0 Å². The molecule has 0 saturated carbocycles. The lowest BCUT2D eigenvalue weighted by molar-refractivity contribution is 0.385. The first-order valence-corrected chi connectivity index (χ1v) is 6.54. The summed E-state index contributed by atoms with van der Waals surface area (Å²) in [5, 5.41) is 4.40. The van der Waals surface area contributed by atoms with Crippen LogP contribution in [0.1, 0.15) is 18.6 Å². The van der Waals surface area contributed by atoms with Crippen LogP contribution in [0, 0.1) is 0 Å². The number of aryl methyl sites for hydroxylation is 1. The largest absolute Gasteiger partial charge is 0.398 e. The molecule has 0 aliphatic heterocycles. The lowest BCUT2D eigenvalue weighted by atomic mass is 10.3. The van der Waals surface area contributed by atoms with Crippen molar-refractivity contribution >= 4 is 29.1 Å². The van der Waals surface area contributed by atoms with Crippen molar-refractivity contribution in [3.05, 3.63) is 34.9 Å². The van der Waals surface area contributed by atoms with Crippen LogP contribution in [-0.2, 0) is 12.2 Å².